The second-order valence-electron chi connectivity index (χ2n) is 4.86. The molecule has 0 bridgehead atoms. The maximum absolute atomic E-state index is 9.74. The third-order valence-electron chi connectivity index (χ3n) is 3.36. The molecule has 1 aliphatic rings. The van der Waals surface area contributed by atoms with E-state index in [2.05, 4.69) is 36.5 Å². The van der Waals surface area contributed by atoms with Gasteiger partial charge >= 0.3 is 0 Å². The Kier molecular flexibility index (Phi) is 3.97. The molecular formula is C14H21NO. The van der Waals surface area contributed by atoms with E-state index in [1.807, 2.05) is 6.07 Å². The molecule has 1 fully saturated rings. The predicted molar refractivity (Wildman–Crippen MR) is 66.4 cm³/mol. The maximum atomic E-state index is 9.74. The van der Waals surface area contributed by atoms with Gasteiger partial charge in [0.15, 0.2) is 0 Å². The van der Waals surface area contributed by atoms with Gasteiger partial charge in [0.1, 0.15) is 0 Å². The molecule has 0 heterocycles. The van der Waals surface area contributed by atoms with Gasteiger partial charge in [-0.3, -0.25) is 0 Å². The molecule has 0 saturated heterocycles. The van der Waals surface area contributed by atoms with Gasteiger partial charge in [0.05, 0.1) is 6.10 Å². The van der Waals surface area contributed by atoms with Crippen molar-refractivity contribution in [2.45, 2.75) is 50.8 Å². The minimum Gasteiger partial charge on any atom is -0.392 e. The van der Waals surface area contributed by atoms with Gasteiger partial charge in [-0.15, -0.1) is 0 Å². The van der Waals surface area contributed by atoms with Crippen molar-refractivity contribution in [3.8, 4) is 0 Å². The lowest BCUT2D eigenvalue weighted by molar-refractivity contribution is 0.144. The first-order valence-corrected chi connectivity index (χ1v) is 6.24. The van der Waals surface area contributed by atoms with Crippen molar-refractivity contribution in [3.05, 3.63) is 35.9 Å². The molecule has 0 amide bonds. The highest BCUT2D eigenvalue weighted by Crippen LogP contribution is 2.19. The van der Waals surface area contributed by atoms with Gasteiger partial charge in [0.25, 0.3) is 0 Å². The topological polar surface area (TPSA) is 32.3 Å². The maximum Gasteiger partial charge on any atom is 0.0693 e. The number of hydrogen-bond donors (Lipinski definition) is 2. The van der Waals surface area contributed by atoms with Crippen LogP contribution in [0.4, 0.5) is 0 Å². The molecular weight excluding hydrogens is 198 g/mol. The number of benzene rings is 1. The van der Waals surface area contributed by atoms with Crippen molar-refractivity contribution < 1.29 is 5.11 Å². The van der Waals surface area contributed by atoms with Gasteiger partial charge in [-0.2, -0.15) is 0 Å². The normalized spacial score (nSPS) is 26.9. The highest BCUT2D eigenvalue weighted by atomic mass is 16.3. The predicted octanol–water partition coefficient (Wildman–Crippen LogP) is 2.12. The van der Waals surface area contributed by atoms with Crippen LogP contribution in [0.1, 0.15) is 31.7 Å². The second-order valence-corrected chi connectivity index (χ2v) is 4.86. The zero-order chi connectivity index (χ0) is 11.4. The van der Waals surface area contributed by atoms with Crippen LogP contribution < -0.4 is 5.32 Å². The minimum absolute atomic E-state index is 0.141. The average molecular weight is 219 g/mol. The SMILES string of the molecule is CC(Cc1ccccc1)N[C@H]1CCC[C@@H]1O. The monoisotopic (exact) mass is 219 g/mol. The summed E-state index contributed by atoms with van der Waals surface area (Å²) < 4.78 is 0. The van der Waals surface area contributed by atoms with Crippen LogP contribution in [-0.4, -0.2) is 23.3 Å². The molecule has 2 nitrogen and oxygen atoms in total. The summed E-state index contributed by atoms with van der Waals surface area (Å²) in [5.74, 6) is 0. The van der Waals surface area contributed by atoms with Crippen LogP contribution in [0.15, 0.2) is 30.3 Å². The second kappa shape index (κ2) is 5.46. The molecule has 16 heavy (non-hydrogen) atoms. The van der Waals surface area contributed by atoms with Crippen LogP contribution in [0.25, 0.3) is 0 Å². The van der Waals surface area contributed by atoms with Crippen molar-refractivity contribution >= 4 is 0 Å². The first kappa shape index (κ1) is 11.6. The summed E-state index contributed by atoms with van der Waals surface area (Å²) in [6.45, 7) is 2.19. The van der Waals surface area contributed by atoms with Crippen LogP contribution >= 0.6 is 0 Å². The standard InChI is InChI=1S/C14H21NO/c1-11(10-12-6-3-2-4-7-12)15-13-8-5-9-14(13)16/h2-4,6-7,11,13-16H,5,8-10H2,1H3/t11?,13-,14-/m0/s1. The summed E-state index contributed by atoms with van der Waals surface area (Å²) in [7, 11) is 0. The molecule has 2 heteroatoms. The van der Waals surface area contributed by atoms with E-state index in [1.54, 1.807) is 0 Å². The first-order chi connectivity index (χ1) is 7.75. The summed E-state index contributed by atoms with van der Waals surface area (Å²) in [6.07, 6.45) is 4.11. The summed E-state index contributed by atoms with van der Waals surface area (Å²) >= 11 is 0. The number of hydrogen-bond acceptors (Lipinski definition) is 2. The number of aliphatic hydroxyl groups is 1. The molecule has 1 aliphatic carbocycles. The van der Waals surface area contributed by atoms with Gasteiger partial charge < -0.3 is 10.4 Å². The Bertz CT molecular complexity index is 312. The highest BCUT2D eigenvalue weighted by molar-refractivity contribution is 5.15. The molecule has 1 saturated carbocycles. The Morgan fingerprint density at radius 2 is 2.06 bits per heavy atom. The van der Waals surface area contributed by atoms with E-state index in [9.17, 15) is 5.11 Å². The fourth-order valence-corrected chi connectivity index (χ4v) is 2.53. The Morgan fingerprint density at radius 1 is 1.31 bits per heavy atom. The summed E-state index contributed by atoms with van der Waals surface area (Å²) in [5.41, 5.74) is 1.36. The summed E-state index contributed by atoms with van der Waals surface area (Å²) in [5, 5.41) is 13.3. The lowest BCUT2D eigenvalue weighted by Gasteiger charge is -2.22. The smallest absolute Gasteiger partial charge is 0.0693 e. The fraction of sp³-hybridized carbons (Fsp3) is 0.571. The van der Waals surface area contributed by atoms with E-state index >= 15 is 0 Å². The largest absolute Gasteiger partial charge is 0.392 e. The number of nitrogens with one attached hydrogen (secondary N) is 1. The fourth-order valence-electron chi connectivity index (χ4n) is 2.53. The molecule has 1 aromatic carbocycles. The van der Waals surface area contributed by atoms with E-state index in [0.717, 1.165) is 25.7 Å². The molecule has 2 rings (SSSR count). The van der Waals surface area contributed by atoms with Crippen LogP contribution in [0.2, 0.25) is 0 Å². The first-order valence-electron chi connectivity index (χ1n) is 6.24. The Morgan fingerprint density at radius 3 is 2.69 bits per heavy atom. The van der Waals surface area contributed by atoms with Crippen LogP contribution in [0.3, 0.4) is 0 Å². The summed E-state index contributed by atoms with van der Waals surface area (Å²) in [6, 6.07) is 11.2. The minimum atomic E-state index is -0.141. The molecule has 0 aromatic heterocycles. The third-order valence-corrected chi connectivity index (χ3v) is 3.36. The van der Waals surface area contributed by atoms with Crippen molar-refractivity contribution in [1.82, 2.24) is 5.32 Å². The van der Waals surface area contributed by atoms with Gasteiger partial charge in [-0.05, 0) is 38.2 Å². The molecule has 0 radical (unpaired) electrons. The van der Waals surface area contributed by atoms with Crippen molar-refractivity contribution in [2.75, 3.05) is 0 Å². The average Bonchev–Trinajstić information content (AvgIpc) is 2.66. The lowest BCUT2D eigenvalue weighted by Crippen LogP contribution is -2.42. The Hall–Kier alpha value is -0.860. The van der Waals surface area contributed by atoms with Crippen LogP contribution in [0.5, 0.6) is 0 Å². The zero-order valence-electron chi connectivity index (χ0n) is 9.89. The molecule has 1 aromatic rings. The van der Waals surface area contributed by atoms with Gasteiger partial charge in [-0.1, -0.05) is 30.3 Å². The molecule has 1 unspecified atom stereocenters. The van der Waals surface area contributed by atoms with Crippen molar-refractivity contribution in [1.29, 1.82) is 0 Å². The number of rotatable bonds is 4. The molecule has 88 valence electrons. The van der Waals surface area contributed by atoms with Crippen LogP contribution in [-0.2, 0) is 6.42 Å². The third kappa shape index (κ3) is 3.06. The van der Waals surface area contributed by atoms with E-state index in [0.29, 0.717) is 12.1 Å². The van der Waals surface area contributed by atoms with Crippen molar-refractivity contribution in [2.24, 2.45) is 0 Å². The molecule has 3 atom stereocenters. The van der Waals surface area contributed by atoms with E-state index < -0.39 is 0 Å². The number of aliphatic hydroxyl groups excluding tert-OH is 1. The molecule has 0 spiro atoms. The molecule has 0 aliphatic heterocycles. The zero-order valence-corrected chi connectivity index (χ0v) is 9.89. The Labute approximate surface area is 97.7 Å². The summed E-state index contributed by atoms with van der Waals surface area (Å²) in [4.78, 5) is 0. The molecule has 2 N–H and O–H groups in total. The van der Waals surface area contributed by atoms with Gasteiger partial charge in [0, 0.05) is 12.1 Å². The Balaban J connectivity index is 1.82. The van der Waals surface area contributed by atoms with Crippen LogP contribution in [0, 0.1) is 0 Å². The lowest BCUT2D eigenvalue weighted by atomic mass is 10.1. The van der Waals surface area contributed by atoms with Gasteiger partial charge in [-0.25, -0.2) is 0 Å². The quantitative estimate of drug-likeness (QED) is 0.813. The van der Waals surface area contributed by atoms with Gasteiger partial charge in [0.2, 0.25) is 0 Å². The highest BCUT2D eigenvalue weighted by Gasteiger charge is 2.25. The van der Waals surface area contributed by atoms with E-state index in [1.165, 1.54) is 5.56 Å². The van der Waals surface area contributed by atoms with Crippen molar-refractivity contribution in [3.63, 3.8) is 0 Å². The van der Waals surface area contributed by atoms with E-state index in [4.69, 9.17) is 0 Å². The van der Waals surface area contributed by atoms with E-state index in [-0.39, 0.29) is 6.10 Å².